The second-order valence-corrected chi connectivity index (χ2v) is 7.11. The number of H-pyrrole nitrogens is 1. The van der Waals surface area contributed by atoms with Crippen molar-refractivity contribution in [2.75, 3.05) is 13.7 Å². The van der Waals surface area contributed by atoms with Crippen molar-refractivity contribution in [2.24, 2.45) is 0 Å². The number of nitrogens with one attached hydrogen (secondary N) is 1. The van der Waals surface area contributed by atoms with E-state index in [4.69, 9.17) is 4.74 Å². The zero-order valence-corrected chi connectivity index (χ0v) is 15.9. The number of hydrogen-bond donors (Lipinski definition) is 1. The summed E-state index contributed by atoms with van der Waals surface area (Å²) in [6.07, 6.45) is 2.26. The molecule has 0 saturated carbocycles. The molecule has 2 aromatic heterocycles. The summed E-state index contributed by atoms with van der Waals surface area (Å²) >= 11 is 0. The molecule has 8 nitrogen and oxygen atoms in total. The van der Waals surface area contributed by atoms with E-state index in [1.165, 1.54) is 16.7 Å². The van der Waals surface area contributed by atoms with Crippen LogP contribution in [0.1, 0.15) is 22.9 Å². The van der Waals surface area contributed by atoms with Crippen LogP contribution in [-0.2, 0) is 17.8 Å². The number of aromatic nitrogens is 5. The normalized spacial score (nSPS) is 14.6. The number of tetrazole rings is 1. The van der Waals surface area contributed by atoms with Gasteiger partial charge in [0.15, 0.2) is 6.04 Å². The molecule has 0 unspecified atom stereocenters. The Bertz CT molecular complexity index is 1150. The van der Waals surface area contributed by atoms with Crippen LogP contribution in [0.3, 0.4) is 0 Å². The average Bonchev–Trinajstić information content (AvgIpc) is 3.41. The first-order chi connectivity index (χ1) is 14.2. The first-order valence-electron chi connectivity index (χ1n) is 9.48. The first-order valence-corrected chi connectivity index (χ1v) is 9.48. The van der Waals surface area contributed by atoms with Crippen molar-refractivity contribution >= 4 is 16.8 Å². The van der Waals surface area contributed by atoms with Gasteiger partial charge in [0.25, 0.3) is 5.91 Å². The number of hydrogen-bond acceptors (Lipinski definition) is 5. The van der Waals surface area contributed by atoms with Crippen LogP contribution in [0.4, 0.5) is 0 Å². The fourth-order valence-electron chi connectivity index (χ4n) is 4.01. The summed E-state index contributed by atoms with van der Waals surface area (Å²) < 4.78 is 6.90. The molecule has 29 heavy (non-hydrogen) atoms. The minimum absolute atomic E-state index is 0.0219. The molecule has 0 bridgehead atoms. The highest BCUT2D eigenvalue weighted by Gasteiger charge is 2.32. The lowest BCUT2D eigenvalue weighted by molar-refractivity contribution is -0.134. The van der Waals surface area contributed by atoms with Crippen LogP contribution in [0.15, 0.2) is 54.9 Å². The van der Waals surface area contributed by atoms with Crippen LogP contribution < -0.4 is 4.74 Å². The van der Waals surface area contributed by atoms with Crippen LogP contribution >= 0.6 is 0 Å². The van der Waals surface area contributed by atoms with Crippen molar-refractivity contribution in [1.82, 2.24) is 30.1 Å². The third kappa shape index (κ3) is 3.02. The van der Waals surface area contributed by atoms with Gasteiger partial charge < -0.3 is 14.6 Å². The van der Waals surface area contributed by atoms with E-state index >= 15 is 0 Å². The first kappa shape index (κ1) is 17.4. The van der Waals surface area contributed by atoms with E-state index in [1.807, 2.05) is 53.4 Å². The molecule has 8 heteroatoms. The molecule has 1 atom stereocenters. The maximum absolute atomic E-state index is 13.6. The van der Waals surface area contributed by atoms with Crippen molar-refractivity contribution in [2.45, 2.75) is 19.0 Å². The van der Waals surface area contributed by atoms with Gasteiger partial charge in [-0.25, -0.2) is 4.68 Å². The summed E-state index contributed by atoms with van der Waals surface area (Å²) in [5.41, 5.74) is 4.24. The number of rotatable bonds is 4. The highest BCUT2D eigenvalue weighted by molar-refractivity contribution is 5.88. The van der Waals surface area contributed by atoms with E-state index in [2.05, 4.69) is 20.5 Å². The standard InChI is InChI=1S/C21H20N6O2/c1-29-15-7-8-18-16(11-15)17-12-26(10-9-19(17)23-18)21(28)20(27-13-22-24-25-27)14-5-3-2-4-6-14/h2-8,11,13,20,23H,9-10,12H2,1H3/t20-/m0/s1. The number of carbonyl (C=O) groups excluding carboxylic acids is 1. The van der Waals surface area contributed by atoms with Gasteiger partial charge in [-0.3, -0.25) is 4.79 Å². The lowest BCUT2D eigenvalue weighted by atomic mass is 10.0. The second kappa shape index (κ2) is 7.05. The minimum atomic E-state index is -0.590. The Morgan fingerprint density at radius 1 is 1.21 bits per heavy atom. The van der Waals surface area contributed by atoms with Crippen molar-refractivity contribution in [3.8, 4) is 5.75 Å². The molecule has 0 saturated heterocycles. The van der Waals surface area contributed by atoms with Gasteiger partial charge in [-0.2, -0.15) is 0 Å². The number of methoxy groups -OCH3 is 1. The molecule has 2 aromatic carbocycles. The van der Waals surface area contributed by atoms with Gasteiger partial charge in [-0.15, -0.1) is 5.10 Å². The molecule has 1 N–H and O–H groups in total. The molecule has 3 heterocycles. The van der Waals surface area contributed by atoms with E-state index in [0.717, 1.165) is 34.2 Å². The Kier molecular flexibility index (Phi) is 4.23. The summed E-state index contributed by atoms with van der Waals surface area (Å²) in [6.45, 7) is 1.17. The summed E-state index contributed by atoms with van der Waals surface area (Å²) in [5.74, 6) is 0.782. The molecule has 0 fully saturated rings. The predicted molar refractivity (Wildman–Crippen MR) is 106 cm³/mol. The number of ether oxygens (including phenoxy) is 1. The summed E-state index contributed by atoms with van der Waals surface area (Å²) in [7, 11) is 1.66. The molecule has 5 rings (SSSR count). The predicted octanol–water partition coefficient (Wildman–Crippen LogP) is 2.34. The highest BCUT2D eigenvalue weighted by Crippen LogP contribution is 2.32. The summed E-state index contributed by atoms with van der Waals surface area (Å²) in [6, 6.07) is 15.0. The van der Waals surface area contributed by atoms with Crippen molar-refractivity contribution < 1.29 is 9.53 Å². The van der Waals surface area contributed by atoms with Gasteiger partial charge >= 0.3 is 0 Å². The number of fused-ring (bicyclic) bond motifs is 3. The maximum Gasteiger partial charge on any atom is 0.252 e. The van der Waals surface area contributed by atoms with Gasteiger partial charge in [0.1, 0.15) is 12.1 Å². The lowest BCUT2D eigenvalue weighted by Gasteiger charge is -2.30. The molecule has 0 aliphatic carbocycles. The van der Waals surface area contributed by atoms with Gasteiger partial charge in [0.2, 0.25) is 0 Å². The van der Waals surface area contributed by atoms with E-state index in [-0.39, 0.29) is 5.91 Å². The average molecular weight is 388 g/mol. The Morgan fingerprint density at radius 3 is 2.83 bits per heavy atom. The number of carbonyl (C=O) groups is 1. The molecule has 4 aromatic rings. The number of amides is 1. The largest absolute Gasteiger partial charge is 0.497 e. The number of benzene rings is 2. The Balaban J connectivity index is 1.50. The summed E-state index contributed by atoms with van der Waals surface area (Å²) in [5, 5.41) is 12.5. The van der Waals surface area contributed by atoms with E-state index in [1.54, 1.807) is 7.11 Å². The van der Waals surface area contributed by atoms with E-state index < -0.39 is 6.04 Å². The van der Waals surface area contributed by atoms with Crippen LogP contribution in [-0.4, -0.2) is 49.7 Å². The molecule has 146 valence electrons. The SMILES string of the molecule is COc1ccc2[nH]c3c(c2c1)CN(C(=O)[C@H](c1ccccc1)n1cnnn1)CC3. The van der Waals surface area contributed by atoms with Gasteiger partial charge in [-0.05, 0) is 34.2 Å². The van der Waals surface area contributed by atoms with Crippen molar-refractivity contribution in [3.63, 3.8) is 0 Å². The van der Waals surface area contributed by atoms with Crippen LogP contribution in [0.25, 0.3) is 10.9 Å². The lowest BCUT2D eigenvalue weighted by Crippen LogP contribution is -2.41. The number of aromatic amines is 1. The zero-order valence-electron chi connectivity index (χ0n) is 15.9. The fourth-order valence-corrected chi connectivity index (χ4v) is 4.01. The Morgan fingerprint density at radius 2 is 2.07 bits per heavy atom. The maximum atomic E-state index is 13.6. The Labute approximate surface area is 167 Å². The smallest absolute Gasteiger partial charge is 0.252 e. The quantitative estimate of drug-likeness (QED) is 0.580. The third-order valence-corrected chi connectivity index (χ3v) is 5.47. The molecular formula is C21H20N6O2. The van der Waals surface area contributed by atoms with Crippen LogP contribution in [0.5, 0.6) is 5.75 Å². The topological polar surface area (TPSA) is 88.9 Å². The molecule has 1 aliphatic heterocycles. The molecule has 1 amide bonds. The summed E-state index contributed by atoms with van der Waals surface area (Å²) in [4.78, 5) is 18.9. The zero-order chi connectivity index (χ0) is 19.8. The second-order valence-electron chi connectivity index (χ2n) is 7.11. The van der Waals surface area contributed by atoms with Crippen molar-refractivity contribution in [1.29, 1.82) is 0 Å². The van der Waals surface area contributed by atoms with Gasteiger partial charge in [0.05, 0.1) is 7.11 Å². The number of nitrogens with zero attached hydrogens (tertiary/aromatic N) is 5. The van der Waals surface area contributed by atoms with Crippen LogP contribution in [0, 0.1) is 0 Å². The molecule has 0 spiro atoms. The van der Waals surface area contributed by atoms with Gasteiger partial charge in [-0.1, -0.05) is 30.3 Å². The molecular weight excluding hydrogens is 368 g/mol. The van der Waals surface area contributed by atoms with Gasteiger partial charge in [0, 0.05) is 41.7 Å². The van der Waals surface area contributed by atoms with Crippen molar-refractivity contribution in [3.05, 3.63) is 71.7 Å². The molecule has 0 radical (unpaired) electrons. The monoisotopic (exact) mass is 388 g/mol. The fraction of sp³-hybridized carbons (Fsp3) is 0.238. The van der Waals surface area contributed by atoms with E-state index in [0.29, 0.717) is 13.1 Å². The molecule has 1 aliphatic rings. The highest BCUT2D eigenvalue weighted by atomic mass is 16.5. The minimum Gasteiger partial charge on any atom is -0.497 e. The van der Waals surface area contributed by atoms with E-state index in [9.17, 15) is 4.79 Å². The third-order valence-electron chi connectivity index (χ3n) is 5.47. The van der Waals surface area contributed by atoms with Crippen LogP contribution in [0.2, 0.25) is 0 Å². The Hall–Kier alpha value is -3.68.